The van der Waals surface area contributed by atoms with Crippen LogP contribution >= 0.6 is 0 Å². The molecule has 2 heterocycles. The van der Waals surface area contributed by atoms with Crippen LogP contribution in [-0.2, 0) is 6.54 Å². The van der Waals surface area contributed by atoms with Crippen LogP contribution in [0.4, 0.5) is 0 Å². The molecule has 0 spiro atoms. The van der Waals surface area contributed by atoms with Crippen LogP contribution in [0.25, 0.3) is 16.8 Å². The molecule has 4 aromatic rings. The number of aromatic nitrogens is 3. The van der Waals surface area contributed by atoms with Crippen LogP contribution in [0.3, 0.4) is 0 Å². The summed E-state index contributed by atoms with van der Waals surface area (Å²) in [6.45, 7) is 2.12. The van der Waals surface area contributed by atoms with Gasteiger partial charge in [-0.25, -0.2) is 4.52 Å². The fourth-order valence-corrected chi connectivity index (χ4v) is 3.51. The summed E-state index contributed by atoms with van der Waals surface area (Å²) in [5.41, 5.74) is 3.68. The van der Waals surface area contributed by atoms with E-state index in [1.807, 2.05) is 31.2 Å². The van der Waals surface area contributed by atoms with E-state index in [0.717, 1.165) is 16.8 Å². The Balaban J connectivity index is 1.66. The normalized spacial score (nSPS) is 12.1. The van der Waals surface area contributed by atoms with Gasteiger partial charge in [0.2, 0.25) is 0 Å². The third-order valence-corrected chi connectivity index (χ3v) is 5.19. The van der Waals surface area contributed by atoms with Gasteiger partial charge in [-0.3, -0.25) is 4.79 Å². The number of benzene rings is 2. The van der Waals surface area contributed by atoms with E-state index in [0.29, 0.717) is 22.6 Å². The van der Waals surface area contributed by atoms with E-state index in [4.69, 9.17) is 9.47 Å². The molecule has 4 rings (SSSR count). The highest BCUT2D eigenvalue weighted by Gasteiger charge is 2.15. The van der Waals surface area contributed by atoms with Gasteiger partial charge < -0.3 is 19.1 Å². The summed E-state index contributed by atoms with van der Waals surface area (Å²) in [4.78, 5) is 13.0. The van der Waals surface area contributed by atoms with Gasteiger partial charge in [-0.05, 0) is 36.2 Å². The number of aliphatic hydroxyl groups is 1. The summed E-state index contributed by atoms with van der Waals surface area (Å²) >= 11 is 0. The number of hydrogen-bond donors (Lipinski definition) is 1. The number of aryl methyl sites for hydroxylation is 1. The predicted molar refractivity (Wildman–Crippen MR) is 114 cm³/mol. The molecule has 1 N–H and O–H groups in total. The minimum absolute atomic E-state index is 0.107. The Hall–Kier alpha value is -3.58. The highest BCUT2D eigenvalue weighted by Crippen LogP contribution is 2.30. The largest absolute Gasteiger partial charge is 0.493 e. The summed E-state index contributed by atoms with van der Waals surface area (Å²) in [7, 11) is 3.09. The number of methoxy groups -OCH3 is 2. The summed E-state index contributed by atoms with van der Waals surface area (Å²) in [6, 6.07) is 14.9. The molecule has 0 aliphatic heterocycles. The van der Waals surface area contributed by atoms with Gasteiger partial charge in [-0.1, -0.05) is 30.3 Å². The molecule has 0 bridgehead atoms. The highest BCUT2D eigenvalue weighted by molar-refractivity contribution is 5.68. The summed E-state index contributed by atoms with van der Waals surface area (Å²) in [5, 5.41) is 15.2. The SMILES string of the molecule is COc1ccc(C(O)Cn2ccn3nc(-c4ccccc4C)cc3c2=O)cc1OC. The van der Waals surface area contributed by atoms with Crippen molar-refractivity contribution in [1.82, 2.24) is 14.2 Å². The maximum absolute atomic E-state index is 13.0. The van der Waals surface area contributed by atoms with Gasteiger partial charge in [0, 0.05) is 18.0 Å². The van der Waals surface area contributed by atoms with E-state index in [1.54, 1.807) is 48.3 Å². The van der Waals surface area contributed by atoms with Crippen molar-refractivity contribution in [2.75, 3.05) is 14.2 Å². The molecule has 154 valence electrons. The van der Waals surface area contributed by atoms with Gasteiger partial charge in [0.05, 0.1) is 32.6 Å². The van der Waals surface area contributed by atoms with Crippen molar-refractivity contribution in [3.8, 4) is 22.8 Å². The molecular weight excluding hydrogens is 382 g/mol. The predicted octanol–water partition coefficient (Wildman–Crippen LogP) is 3.22. The van der Waals surface area contributed by atoms with Crippen LogP contribution in [0.15, 0.2) is 65.7 Å². The Kier molecular flexibility index (Phi) is 5.29. The van der Waals surface area contributed by atoms with Crippen molar-refractivity contribution in [3.05, 3.63) is 82.4 Å². The van der Waals surface area contributed by atoms with E-state index in [9.17, 15) is 9.90 Å². The standard InChI is InChI=1S/C23H23N3O4/c1-15-6-4-5-7-17(15)18-13-19-23(28)25(10-11-26(19)24-18)14-20(27)16-8-9-21(29-2)22(12-16)30-3/h4-13,20,27H,14H2,1-3H3. The Labute approximate surface area is 173 Å². The first-order chi connectivity index (χ1) is 14.5. The number of ether oxygens (including phenoxy) is 2. The zero-order valence-electron chi connectivity index (χ0n) is 17.1. The van der Waals surface area contributed by atoms with Crippen molar-refractivity contribution in [2.24, 2.45) is 0 Å². The first kappa shape index (κ1) is 19.7. The quantitative estimate of drug-likeness (QED) is 0.533. The number of rotatable bonds is 6. The molecule has 0 fully saturated rings. The lowest BCUT2D eigenvalue weighted by Gasteiger charge is -2.15. The molecule has 7 heteroatoms. The minimum Gasteiger partial charge on any atom is -0.493 e. The third-order valence-electron chi connectivity index (χ3n) is 5.19. The molecule has 0 saturated heterocycles. The van der Waals surface area contributed by atoms with Crippen molar-refractivity contribution < 1.29 is 14.6 Å². The molecule has 1 atom stereocenters. The van der Waals surface area contributed by atoms with Crippen LogP contribution < -0.4 is 15.0 Å². The Morgan fingerprint density at radius 1 is 1.03 bits per heavy atom. The monoisotopic (exact) mass is 405 g/mol. The second-order valence-electron chi connectivity index (χ2n) is 7.06. The number of fused-ring (bicyclic) bond motifs is 1. The molecule has 30 heavy (non-hydrogen) atoms. The van der Waals surface area contributed by atoms with E-state index in [1.165, 1.54) is 11.7 Å². The van der Waals surface area contributed by atoms with Crippen LogP contribution in [0.1, 0.15) is 17.2 Å². The van der Waals surface area contributed by atoms with E-state index in [-0.39, 0.29) is 12.1 Å². The minimum atomic E-state index is -0.885. The fourth-order valence-electron chi connectivity index (χ4n) is 3.51. The molecular formula is C23H23N3O4. The first-order valence-electron chi connectivity index (χ1n) is 9.56. The first-order valence-corrected chi connectivity index (χ1v) is 9.56. The van der Waals surface area contributed by atoms with Crippen molar-refractivity contribution >= 4 is 5.52 Å². The van der Waals surface area contributed by atoms with Crippen molar-refractivity contribution in [3.63, 3.8) is 0 Å². The van der Waals surface area contributed by atoms with Gasteiger partial charge in [0.1, 0.15) is 5.52 Å². The molecule has 0 saturated carbocycles. The smallest absolute Gasteiger partial charge is 0.276 e. The maximum Gasteiger partial charge on any atom is 0.276 e. The zero-order valence-corrected chi connectivity index (χ0v) is 17.1. The highest BCUT2D eigenvalue weighted by atomic mass is 16.5. The van der Waals surface area contributed by atoms with E-state index >= 15 is 0 Å². The second kappa shape index (κ2) is 8.04. The van der Waals surface area contributed by atoms with Crippen LogP contribution in [-0.4, -0.2) is 33.5 Å². The van der Waals surface area contributed by atoms with Gasteiger partial charge in [-0.2, -0.15) is 5.10 Å². The van der Waals surface area contributed by atoms with Crippen LogP contribution in [0.5, 0.6) is 11.5 Å². The topological polar surface area (TPSA) is 78.0 Å². The van der Waals surface area contributed by atoms with Crippen LogP contribution in [0, 0.1) is 6.92 Å². The average Bonchev–Trinajstić information content (AvgIpc) is 3.20. The Morgan fingerprint density at radius 3 is 2.53 bits per heavy atom. The van der Waals surface area contributed by atoms with Crippen molar-refractivity contribution in [1.29, 1.82) is 0 Å². The van der Waals surface area contributed by atoms with E-state index in [2.05, 4.69) is 5.10 Å². The molecule has 0 amide bonds. The van der Waals surface area contributed by atoms with Crippen molar-refractivity contribution in [2.45, 2.75) is 19.6 Å². The number of aliphatic hydroxyl groups excluding tert-OH is 1. The van der Waals surface area contributed by atoms with Gasteiger partial charge >= 0.3 is 0 Å². The summed E-state index contributed by atoms with van der Waals surface area (Å²) in [5.74, 6) is 1.10. The Morgan fingerprint density at radius 2 is 1.80 bits per heavy atom. The lowest BCUT2D eigenvalue weighted by molar-refractivity contribution is 0.154. The number of nitrogens with zero attached hydrogens (tertiary/aromatic N) is 3. The zero-order chi connectivity index (χ0) is 21.3. The second-order valence-corrected chi connectivity index (χ2v) is 7.06. The Bertz CT molecular complexity index is 1260. The molecule has 2 aromatic carbocycles. The van der Waals surface area contributed by atoms with E-state index < -0.39 is 6.10 Å². The third kappa shape index (κ3) is 3.55. The molecule has 0 aliphatic rings. The number of hydrogen-bond acceptors (Lipinski definition) is 5. The molecule has 1 unspecified atom stereocenters. The van der Waals surface area contributed by atoms with Crippen LogP contribution in [0.2, 0.25) is 0 Å². The van der Waals surface area contributed by atoms with Gasteiger partial charge in [0.15, 0.2) is 11.5 Å². The molecule has 0 aliphatic carbocycles. The van der Waals surface area contributed by atoms with Gasteiger partial charge in [0.25, 0.3) is 5.56 Å². The lowest BCUT2D eigenvalue weighted by atomic mass is 10.1. The lowest BCUT2D eigenvalue weighted by Crippen LogP contribution is -2.24. The average molecular weight is 405 g/mol. The molecule has 0 radical (unpaired) electrons. The summed E-state index contributed by atoms with van der Waals surface area (Å²) < 4.78 is 13.6. The fraction of sp³-hybridized carbons (Fsp3) is 0.217. The molecule has 7 nitrogen and oxygen atoms in total. The maximum atomic E-state index is 13.0. The van der Waals surface area contributed by atoms with Gasteiger partial charge in [-0.15, -0.1) is 0 Å². The summed E-state index contributed by atoms with van der Waals surface area (Å²) in [6.07, 6.45) is 2.47. The molecule has 2 aromatic heterocycles.